The van der Waals surface area contributed by atoms with Gasteiger partial charge < -0.3 is 0 Å². The molecule has 5 heteroatoms. The molecule has 0 aliphatic heterocycles. The third-order valence-corrected chi connectivity index (χ3v) is 4.44. The van der Waals surface area contributed by atoms with Crippen LogP contribution in [0.2, 0.25) is 10.0 Å². The minimum absolute atomic E-state index is 0.127. The molecule has 2 rings (SSSR count). The molecule has 2 aromatic rings. The first-order valence-corrected chi connectivity index (χ1v) is 7.32. The lowest BCUT2D eigenvalue weighted by Crippen LogP contribution is -2.09. The second-order valence-corrected chi connectivity index (χ2v) is 5.64. The highest BCUT2D eigenvalue weighted by Crippen LogP contribution is 2.31. The van der Waals surface area contributed by atoms with E-state index in [0.717, 1.165) is 28.4 Å². The topological polar surface area (TPSA) is 17.8 Å². The van der Waals surface area contributed by atoms with Gasteiger partial charge in [-0.15, -0.1) is 11.6 Å². The van der Waals surface area contributed by atoms with Gasteiger partial charge in [0.15, 0.2) is 0 Å². The molecule has 0 bridgehead atoms. The summed E-state index contributed by atoms with van der Waals surface area (Å²) in [4.78, 5) is 0. The Morgan fingerprint density at radius 3 is 2.47 bits per heavy atom. The number of hydrogen-bond acceptors (Lipinski definition) is 1. The third-order valence-electron chi connectivity index (χ3n) is 3.23. The van der Waals surface area contributed by atoms with Gasteiger partial charge in [0.2, 0.25) is 0 Å². The monoisotopic (exact) mass is 316 g/mol. The summed E-state index contributed by atoms with van der Waals surface area (Å²) >= 11 is 18.6. The maximum atomic E-state index is 6.28. The summed E-state index contributed by atoms with van der Waals surface area (Å²) in [6.07, 6.45) is 0.726. The number of benzene rings is 1. The maximum absolute atomic E-state index is 6.28. The fourth-order valence-electron chi connectivity index (χ4n) is 2.19. The maximum Gasteiger partial charge on any atom is 0.0847 e. The molecule has 0 radical (unpaired) electrons. The molecular formula is C14H15Cl3N2. The smallest absolute Gasteiger partial charge is 0.0847 e. The SMILES string of the molecule is Cc1nn(C)c(CC(CCl)c2ccccc2Cl)c1Cl. The summed E-state index contributed by atoms with van der Waals surface area (Å²) in [6, 6.07) is 7.77. The minimum atomic E-state index is 0.127. The second kappa shape index (κ2) is 6.17. The van der Waals surface area contributed by atoms with Crippen molar-refractivity contribution < 1.29 is 0 Å². The van der Waals surface area contributed by atoms with Crippen molar-refractivity contribution in [2.45, 2.75) is 19.3 Å². The van der Waals surface area contributed by atoms with Gasteiger partial charge in [-0.1, -0.05) is 41.4 Å². The molecule has 1 unspecified atom stereocenters. The number of halogens is 3. The molecule has 1 aromatic carbocycles. The van der Waals surface area contributed by atoms with Crippen LogP contribution in [-0.2, 0) is 13.5 Å². The Hall–Kier alpha value is -0.700. The Balaban J connectivity index is 2.32. The van der Waals surface area contributed by atoms with Gasteiger partial charge in [0.05, 0.1) is 16.4 Å². The fourth-order valence-corrected chi connectivity index (χ4v) is 2.99. The highest BCUT2D eigenvalue weighted by atomic mass is 35.5. The Kier molecular flexibility index (Phi) is 4.77. The van der Waals surface area contributed by atoms with Gasteiger partial charge in [-0.2, -0.15) is 5.10 Å². The van der Waals surface area contributed by atoms with Gasteiger partial charge in [0.25, 0.3) is 0 Å². The van der Waals surface area contributed by atoms with E-state index in [1.807, 2.05) is 42.9 Å². The molecule has 0 N–H and O–H groups in total. The highest BCUT2D eigenvalue weighted by Gasteiger charge is 2.19. The molecule has 0 fully saturated rings. The molecule has 0 saturated carbocycles. The van der Waals surface area contributed by atoms with Crippen molar-refractivity contribution in [2.75, 3.05) is 5.88 Å². The predicted octanol–water partition coefficient (Wildman–Crippen LogP) is 4.60. The average Bonchev–Trinajstić information content (AvgIpc) is 2.63. The number of aromatic nitrogens is 2. The van der Waals surface area contributed by atoms with Crippen LogP contribution in [-0.4, -0.2) is 15.7 Å². The summed E-state index contributed by atoms with van der Waals surface area (Å²) in [7, 11) is 1.89. The molecule has 1 heterocycles. The first-order chi connectivity index (χ1) is 9.04. The van der Waals surface area contributed by atoms with E-state index in [-0.39, 0.29) is 5.92 Å². The van der Waals surface area contributed by atoms with Crippen LogP contribution in [0.25, 0.3) is 0 Å². The molecule has 19 heavy (non-hydrogen) atoms. The van der Waals surface area contributed by atoms with E-state index < -0.39 is 0 Å². The molecule has 102 valence electrons. The zero-order chi connectivity index (χ0) is 14.0. The van der Waals surface area contributed by atoms with E-state index in [9.17, 15) is 0 Å². The Bertz CT molecular complexity index is 578. The van der Waals surface area contributed by atoms with Gasteiger partial charge in [-0.25, -0.2) is 0 Å². The van der Waals surface area contributed by atoms with Crippen molar-refractivity contribution in [3.63, 3.8) is 0 Å². The van der Waals surface area contributed by atoms with Crippen LogP contribution < -0.4 is 0 Å². The lowest BCUT2D eigenvalue weighted by molar-refractivity contribution is 0.657. The van der Waals surface area contributed by atoms with Gasteiger partial charge in [0, 0.05) is 23.9 Å². The number of nitrogens with zero attached hydrogens (tertiary/aromatic N) is 2. The summed E-state index contributed by atoms with van der Waals surface area (Å²) in [6.45, 7) is 1.90. The molecule has 0 aliphatic carbocycles. The van der Waals surface area contributed by atoms with E-state index in [1.54, 1.807) is 0 Å². The normalized spacial score (nSPS) is 12.7. The van der Waals surface area contributed by atoms with E-state index >= 15 is 0 Å². The van der Waals surface area contributed by atoms with Gasteiger partial charge in [0.1, 0.15) is 0 Å². The summed E-state index contributed by atoms with van der Waals surface area (Å²) in [5.74, 6) is 0.618. The molecular weight excluding hydrogens is 303 g/mol. The van der Waals surface area contributed by atoms with Crippen molar-refractivity contribution >= 4 is 34.8 Å². The lowest BCUT2D eigenvalue weighted by atomic mass is 9.96. The summed E-state index contributed by atoms with van der Waals surface area (Å²) < 4.78 is 1.81. The van der Waals surface area contributed by atoms with Gasteiger partial charge in [-0.05, 0) is 25.0 Å². The van der Waals surface area contributed by atoms with Crippen LogP contribution >= 0.6 is 34.8 Å². The zero-order valence-electron chi connectivity index (χ0n) is 10.8. The van der Waals surface area contributed by atoms with Crippen molar-refractivity contribution in [1.82, 2.24) is 9.78 Å². The second-order valence-electron chi connectivity index (χ2n) is 4.55. The largest absolute Gasteiger partial charge is 0.271 e. The molecule has 0 spiro atoms. The lowest BCUT2D eigenvalue weighted by Gasteiger charge is -2.16. The summed E-state index contributed by atoms with van der Waals surface area (Å²) in [5, 5.41) is 5.77. The van der Waals surface area contributed by atoms with E-state index in [0.29, 0.717) is 10.9 Å². The quantitative estimate of drug-likeness (QED) is 0.754. The van der Waals surface area contributed by atoms with Gasteiger partial charge >= 0.3 is 0 Å². The van der Waals surface area contributed by atoms with Crippen LogP contribution in [0.15, 0.2) is 24.3 Å². The zero-order valence-corrected chi connectivity index (χ0v) is 13.1. The number of alkyl halides is 1. The standard InChI is InChI=1S/C14H15Cl3N2/c1-9-14(17)13(19(2)18-9)7-10(8-15)11-5-3-4-6-12(11)16/h3-6,10H,7-8H2,1-2H3. The predicted molar refractivity (Wildman–Crippen MR) is 81.6 cm³/mol. The Morgan fingerprint density at radius 2 is 1.95 bits per heavy atom. The molecule has 0 aliphatic rings. The van der Waals surface area contributed by atoms with E-state index in [1.165, 1.54) is 0 Å². The van der Waals surface area contributed by atoms with Crippen LogP contribution in [0.5, 0.6) is 0 Å². The van der Waals surface area contributed by atoms with Crippen molar-refractivity contribution in [2.24, 2.45) is 7.05 Å². The molecule has 0 amide bonds. The number of aryl methyl sites for hydroxylation is 2. The summed E-state index contributed by atoms with van der Waals surface area (Å²) in [5.41, 5.74) is 2.88. The number of hydrogen-bond donors (Lipinski definition) is 0. The highest BCUT2D eigenvalue weighted by molar-refractivity contribution is 6.32. The van der Waals surface area contributed by atoms with Crippen molar-refractivity contribution in [1.29, 1.82) is 0 Å². The molecule has 0 saturated heterocycles. The third kappa shape index (κ3) is 3.07. The fraction of sp³-hybridized carbons (Fsp3) is 0.357. The minimum Gasteiger partial charge on any atom is -0.271 e. The molecule has 1 aromatic heterocycles. The van der Waals surface area contributed by atoms with E-state index in [4.69, 9.17) is 34.8 Å². The Morgan fingerprint density at radius 1 is 1.26 bits per heavy atom. The first kappa shape index (κ1) is 14.7. The van der Waals surface area contributed by atoms with Crippen LogP contribution in [0.3, 0.4) is 0 Å². The van der Waals surface area contributed by atoms with Crippen molar-refractivity contribution in [3.8, 4) is 0 Å². The van der Waals surface area contributed by atoms with Gasteiger partial charge in [-0.3, -0.25) is 4.68 Å². The Labute approximate surface area is 128 Å². The first-order valence-electron chi connectivity index (χ1n) is 6.03. The van der Waals surface area contributed by atoms with E-state index in [2.05, 4.69) is 5.10 Å². The van der Waals surface area contributed by atoms with Crippen LogP contribution in [0, 0.1) is 6.92 Å². The van der Waals surface area contributed by atoms with Crippen LogP contribution in [0.4, 0.5) is 0 Å². The average molecular weight is 318 g/mol. The van der Waals surface area contributed by atoms with Crippen LogP contribution in [0.1, 0.15) is 22.9 Å². The van der Waals surface area contributed by atoms with Crippen molar-refractivity contribution in [3.05, 3.63) is 51.3 Å². The molecule has 2 nitrogen and oxygen atoms in total. The number of rotatable bonds is 4. The molecule has 1 atom stereocenters.